The minimum Gasteiger partial charge on any atom is -0.497 e. The van der Waals surface area contributed by atoms with E-state index in [1.54, 1.807) is 26.2 Å². The van der Waals surface area contributed by atoms with Gasteiger partial charge in [-0.05, 0) is 44.4 Å². The third-order valence-corrected chi connectivity index (χ3v) is 5.02. The third-order valence-electron chi connectivity index (χ3n) is 5.02. The van der Waals surface area contributed by atoms with Crippen LogP contribution in [0, 0.1) is 0 Å². The fraction of sp³-hybridized carbons (Fsp3) is 0.500. The fourth-order valence-corrected chi connectivity index (χ4v) is 3.58. The lowest BCUT2D eigenvalue weighted by molar-refractivity contribution is -0.904. The predicted molar refractivity (Wildman–Crippen MR) is 103 cm³/mol. The van der Waals surface area contributed by atoms with Crippen LogP contribution in [0.2, 0.25) is 0 Å². The zero-order valence-corrected chi connectivity index (χ0v) is 16.0. The van der Waals surface area contributed by atoms with Crippen molar-refractivity contribution in [3.8, 4) is 5.75 Å². The molecule has 0 saturated carbocycles. The maximum absolute atomic E-state index is 12.6. The van der Waals surface area contributed by atoms with E-state index in [1.807, 2.05) is 6.07 Å². The van der Waals surface area contributed by atoms with Crippen molar-refractivity contribution < 1.29 is 24.0 Å². The molecule has 1 aliphatic rings. The van der Waals surface area contributed by atoms with Crippen LogP contribution in [0.25, 0.3) is 10.9 Å². The van der Waals surface area contributed by atoms with Crippen molar-refractivity contribution in [1.82, 2.24) is 4.98 Å². The Bertz CT molecular complexity index is 809. The van der Waals surface area contributed by atoms with Crippen molar-refractivity contribution in [2.75, 3.05) is 38.7 Å². The molecule has 146 valence electrons. The van der Waals surface area contributed by atoms with Gasteiger partial charge in [-0.2, -0.15) is 0 Å². The number of benzene rings is 1. The number of nitrogens with one attached hydrogen (secondary N) is 3. The normalized spacial score (nSPS) is 14.9. The minimum absolute atomic E-state index is 0.0951. The lowest BCUT2D eigenvalue weighted by atomic mass is 10.1. The summed E-state index contributed by atoms with van der Waals surface area (Å²) in [7, 11) is 1.58. The van der Waals surface area contributed by atoms with Crippen LogP contribution in [-0.4, -0.2) is 50.2 Å². The number of esters is 1. The fourth-order valence-electron chi connectivity index (χ4n) is 3.58. The van der Waals surface area contributed by atoms with Gasteiger partial charge in [0, 0.05) is 10.9 Å². The lowest BCUT2D eigenvalue weighted by Gasteiger charge is -2.23. The average Bonchev–Trinajstić information content (AvgIpc) is 3.05. The van der Waals surface area contributed by atoms with Crippen molar-refractivity contribution >= 4 is 28.5 Å². The highest BCUT2D eigenvalue weighted by atomic mass is 16.5. The molecule has 2 heterocycles. The maximum Gasteiger partial charge on any atom is 0.356 e. The predicted octanol–water partition coefficient (Wildman–Crippen LogP) is 1.75. The Morgan fingerprint density at radius 1 is 1.22 bits per heavy atom. The number of hydrogen-bond donors (Lipinski definition) is 3. The number of H-pyrrole nitrogens is 1. The van der Waals surface area contributed by atoms with Gasteiger partial charge in [0.05, 0.1) is 45.5 Å². The molecule has 1 aromatic carbocycles. The van der Waals surface area contributed by atoms with Crippen molar-refractivity contribution in [3.05, 3.63) is 23.9 Å². The molecule has 27 heavy (non-hydrogen) atoms. The number of methoxy groups -OCH3 is 1. The summed E-state index contributed by atoms with van der Waals surface area (Å²) in [5.74, 6) is 0.0807. The molecule has 2 aromatic rings. The smallest absolute Gasteiger partial charge is 0.356 e. The molecule has 1 saturated heterocycles. The number of fused-ring (bicyclic) bond motifs is 1. The van der Waals surface area contributed by atoms with Gasteiger partial charge in [0.1, 0.15) is 11.4 Å². The Labute approximate surface area is 159 Å². The number of piperidine rings is 1. The first-order valence-electron chi connectivity index (χ1n) is 9.62. The van der Waals surface area contributed by atoms with Crippen LogP contribution in [-0.2, 0) is 9.53 Å². The van der Waals surface area contributed by atoms with Crippen LogP contribution in [0.4, 0.5) is 5.69 Å². The van der Waals surface area contributed by atoms with Gasteiger partial charge in [0.25, 0.3) is 0 Å². The molecule has 3 rings (SSSR count). The molecule has 1 fully saturated rings. The maximum atomic E-state index is 12.6. The number of quaternary nitrogens is 1. The number of anilines is 1. The number of aromatic amines is 1. The van der Waals surface area contributed by atoms with Gasteiger partial charge in [-0.25, -0.2) is 4.79 Å². The van der Waals surface area contributed by atoms with Gasteiger partial charge in [0.15, 0.2) is 0 Å². The van der Waals surface area contributed by atoms with Crippen LogP contribution < -0.4 is 15.0 Å². The first-order chi connectivity index (χ1) is 13.1. The number of likely N-dealkylation sites (tertiary alicyclic amines) is 1. The molecule has 1 aromatic heterocycles. The molecular formula is C20H28N3O4+. The van der Waals surface area contributed by atoms with Crippen molar-refractivity contribution in [1.29, 1.82) is 0 Å². The minimum atomic E-state index is -0.482. The number of amides is 1. The highest BCUT2D eigenvalue weighted by Gasteiger charge is 2.22. The highest BCUT2D eigenvalue weighted by molar-refractivity contribution is 6.11. The summed E-state index contributed by atoms with van der Waals surface area (Å²) in [6.45, 7) is 5.09. The van der Waals surface area contributed by atoms with Gasteiger partial charge in [-0.3, -0.25) is 4.79 Å². The molecule has 0 unspecified atom stereocenters. The van der Waals surface area contributed by atoms with Gasteiger partial charge in [0.2, 0.25) is 5.91 Å². The summed E-state index contributed by atoms with van der Waals surface area (Å²) in [6, 6.07) is 5.43. The average molecular weight is 374 g/mol. The molecule has 0 aliphatic carbocycles. The van der Waals surface area contributed by atoms with E-state index in [4.69, 9.17) is 9.47 Å². The summed E-state index contributed by atoms with van der Waals surface area (Å²) >= 11 is 0. The first-order valence-corrected chi connectivity index (χ1v) is 9.62. The second-order valence-electron chi connectivity index (χ2n) is 6.87. The van der Waals surface area contributed by atoms with Crippen LogP contribution in [0.3, 0.4) is 0 Å². The number of carbonyl (C=O) groups is 2. The van der Waals surface area contributed by atoms with E-state index < -0.39 is 5.97 Å². The largest absolute Gasteiger partial charge is 0.497 e. The number of hydrogen-bond acceptors (Lipinski definition) is 4. The van der Waals surface area contributed by atoms with Gasteiger partial charge < -0.3 is 24.7 Å². The zero-order chi connectivity index (χ0) is 19.2. The van der Waals surface area contributed by atoms with Crippen LogP contribution >= 0.6 is 0 Å². The molecule has 0 atom stereocenters. The van der Waals surface area contributed by atoms with Gasteiger partial charge in [-0.15, -0.1) is 0 Å². The van der Waals surface area contributed by atoms with E-state index in [9.17, 15) is 9.59 Å². The molecule has 1 aliphatic heterocycles. The van der Waals surface area contributed by atoms with Gasteiger partial charge in [-0.1, -0.05) is 0 Å². The van der Waals surface area contributed by atoms with Crippen LogP contribution in [0.5, 0.6) is 5.75 Å². The SMILES string of the molecule is CCOC(=O)c1[nH]c2ccc(OC)cc2c1NC(=O)CC[NH+]1CCCCC1. The quantitative estimate of drug-likeness (QED) is 0.645. The molecule has 7 nitrogen and oxygen atoms in total. The Morgan fingerprint density at radius 2 is 2.00 bits per heavy atom. The summed E-state index contributed by atoms with van der Waals surface area (Å²) in [6.07, 6.45) is 4.17. The topological polar surface area (TPSA) is 84.9 Å². The van der Waals surface area contributed by atoms with Crippen molar-refractivity contribution in [3.63, 3.8) is 0 Å². The first kappa shape index (κ1) is 19.2. The summed E-state index contributed by atoms with van der Waals surface area (Å²) in [5, 5.41) is 3.66. The Morgan fingerprint density at radius 3 is 2.70 bits per heavy atom. The molecule has 3 N–H and O–H groups in total. The molecular weight excluding hydrogens is 346 g/mol. The van der Waals surface area contributed by atoms with Crippen molar-refractivity contribution in [2.45, 2.75) is 32.6 Å². The Kier molecular flexibility index (Phi) is 6.34. The molecule has 0 spiro atoms. The monoisotopic (exact) mass is 374 g/mol. The Hall–Kier alpha value is -2.54. The van der Waals surface area contributed by atoms with Crippen LogP contribution in [0.1, 0.15) is 43.1 Å². The van der Waals surface area contributed by atoms with E-state index in [1.165, 1.54) is 24.2 Å². The number of ether oxygens (including phenoxy) is 2. The molecule has 1 amide bonds. The summed E-state index contributed by atoms with van der Waals surface area (Å²) in [5.41, 5.74) is 1.47. The number of carbonyl (C=O) groups excluding carboxylic acids is 2. The van der Waals surface area contributed by atoms with E-state index in [2.05, 4.69) is 10.3 Å². The van der Waals surface area contributed by atoms with Crippen molar-refractivity contribution in [2.24, 2.45) is 0 Å². The number of aromatic nitrogens is 1. The summed E-state index contributed by atoms with van der Waals surface area (Å²) < 4.78 is 10.4. The van der Waals surface area contributed by atoms with E-state index in [0.29, 0.717) is 17.9 Å². The van der Waals surface area contributed by atoms with Gasteiger partial charge >= 0.3 is 5.97 Å². The molecule has 0 bridgehead atoms. The number of rotatable bonds is 7. The second-order valence-corrected chi connectivity index (χ2v) is 6.87. The third kappa shape index (κ3) is 4.60. The van der Waals surface area contributed by atoms with E-state index in [-0.39, 0.29) is 18.2 Å². The molecule has 0 radical (unpaired) electrons. The van der Waals surface area contributed by atoms with Crippen LogP contribution in [0.15, 0.2) is 18.2 Å². The lowest BCUT2D eigenvalue weighted by Crippen LogP contribution is -3.12. The van der Waals surface area contributed by atoms with E-state index >= 15 is 0 Å². The standard InChI is InChI=1S/C20H27N3O4/c1-3-27-20(25)19-18(15-13-14(26-2)7-8-16(15)21-19)22-17(24)9-12-23-10-5-4-6-11-23/h7-8,13,21H,3-6,9-12H2,1-2H3,(H,22,24)/p+1. The highest BCUT2D eigenvalue weighted by Crippen LogP contribution is 2.31. The molecule has 7 heteroatoms. The van der Waals surface area contributed by atoms with E-state index in [0.717, 1.165) is 30.5 Å². The summed E-state index contributed by atoms with van der Waals surface area (Å²) in [4.78, 5) is 29.4. The zero-order valence-electron chi connectivity index (χ0n) is 16.0. The second kappa shape index (κ2) is 8.90. The Balaban J connectivity index is 1.80.